The summed E-state index contributed by atoms with van der Waals surface area (Å²) >= 11 is 2.09. The number of nitrogen functional groups attached to an aromatic ring is 1. The molecular weight excluding hydrogens is 280 g/mol. The molecule has 6 heteroatoms. The Hall–Kier alpha value is -0.0100. The lowest BCUT2D eigenvalue weighted by molar-refractivity contribution is 0.269. The monoisotopic (exact) mass is 289 g/mol. The summed E-state index contributed by atoms with van der Waals surface area (Å²) in [5, 5.41) is 12.4. The molecule has 3 N–H and O–H groups in total. The molecule has 4 nitrogen and oxygen atoms in total. The smallest absolute Gasteiger partial charge is 0.158 e. The van der Waals surface area contributed by atoms with Crippen LogP contribution in [0.2, 0.25) is 0 Å². The van der Waals surface area contributed by atoms with Gasteiger partial charge in [-0.1, -0.05) is 0 Å². The molecule has 0 aliphatic carbocycles. The van der Waals surface area contributed by atoms with Crippen molar-refractivity contribution in [3.8, 4) is 0 Å². The van der Waals surface area contributed by atoms with Gasteiger partial charge in [-0.25, -0.2) is 0 Å². The zero-order valence-electron chi connectivity index (χ0n) is 5.70. The van der Waals surface area contributed by atoms with Crippen LogP contribution in [-0.2, 0) is 6.54 Å². The van der Waals surface area contributed by atoms with Crippen molar-refractivity contribution >= 4 is 40.8 Å². The first-order chi connectivity index (χ1) is 4.74. The molecule has 0 amide bonds. The topological polar surface area (TPSA) is 64.1 Å². The van der Waals surface area contributed by atoms with E-state index in [1.54, 1.807) is 10.9 Å². The number of aliphatic hydroxyl groups excluding tert-OH is 1. The number of nitrogens with two attached hydrogens (primary N) is 1. The standard InChI is InChI=1S/C5H8IN3O.ClH/c6-4-3-9(1-2-10)8-5(4)7;/h3,10H,1-2H2,(H2,7,8);1H. The Bertz CT molecular complexity index is 208. The van der Waals surface area contributed by atoms with Gasteiger partial charge in [0, 0.05) is 6.20 Å². The highest BCUT2D eigenvalue weighted by atomic mass is 127. The van der Waals surface area contributed by atoms with E-state index in [0.29, 0.717) is 12.4 Å². The van der Waals surface area contributed by atoms with Crippen LogP contribution < -0.4 is 5.73 Å². The highest BCUT2D eigenvalue weighted by Gasteiger charge is 1.99. The van der Waals surface area contributed by atoms with Crippen LogP contribution in [0.4, 0.5) is 5.82 Å². The van der Waals surface area contributed by atoms with Gasteiger partial charge in [0.15, 0.2) is 5.82 Å². The second-order valence-corrected chi connectivity index (χ2v) is 3.01. The minimum absolute atomic E-state index is 0. The quantitative estimate of drug-likeness (QED) is 0.779. The number of halogens is 2. The van der Waals surface area contributed by atoms with Gasteiger partial charge in [0.25, 0.3) is 0 Å². The van der Waals surface area contributed by atoms with Gasteiger partial charge in [-0.05, 0) is 22.6 Å². The van der Waals surface area contributed by atoms with Crippen molar-refractivity contribution in [2.75, 3.05) is 12.3 Å². The summed E-state index contributed by atoms with van der Waals surface area (Å²) in [6.07, 6.45) is 1.80. The van der Waals surface area contributed by atoms with E-state index < -0.39 is 0 Å². The van der Waals surface area contributed by atoms with E-state index in [1.807, 2.05) is 0 Å². The molecule has 0 fully saturated rings. The first-order valence-corrected chi connectivity index (χ1v) is 3.91. The van der Waals surface area contributed by atoms with E-state index in [9.17, 15) is 0 Å². The number of rotatable bonds is 2. The van der Waals surface area contributed by atoms with Crippen molar-refractivity contribution in [3.05, 3.63) is 9.77 Å². The van der Waals surface area contributed by atoms with Gasteiger partial charge < -0.3 is 10.8 Å². The molecule has 64 valence electrons. The minimum atomic E-state index is 0. The fourth-order valence-corrected chi connectivity index (χ4v) is 1.06. The second kappa shape index (κ2) is 4.78. The Kier molecular flexibility index (Phi) is 4.78. The predicted octanol–water partition coefficient (Wildman–Crippen LogP) is 0.484. The SMILES string of the molecule is Cl.Nc1nn(CCO)cc1I. The summed E-state index contributed by atoms with van der Waals surface area (Å²) in [5.74, 6) is 0.522. The summed E-state index contributed by atoms with van der Waals surface area (Å²) in [4.78, 5) is 0. The van der Waals surface area contributed by atoms with Crippen LogP contribution in [0.5, 0.6) is 0 Å². The second-order valence-electron chi connectivity index (χ2n) is 1.85. The molecule has 0 aliphatic heterocycles. The van der Waals surface area contributed by atoms with E-state index in [1.165, 1.54) is 0 Å². The van der Waals surface area contributed by atoms with E-state index in [2.05, 4.69) is 27.7 Å². The largest absolute Gasteiger partial charge is 0.394 e. The molecule has 0 atom stereocenters. The van der Waals surface area contributed by atoms with Crippen molar-refractivity contribution in [2.45, 2.75) is 6.54 Å². The number of anilines is 1. The van der Waals surface area contributed by atoms with Crippen LogP contribution in [0.25, 0.3) is 0 Å². The Balaban J connectivity index is 0.000001000. The van der Waals surface area contributed by atoms with Gasteiger partial charge in [0.2, 0.25) is 0 Å². The molecule has 1 aromatic heterocycles. The van der Waals surface area contributed by atoms with Gasteiger partial charge in [0.05, 0.1) is 16.7 Å². The van der Waals surface area contributed by atoms with Crippen LogP contribution in [0, 0.1) is 3.57 Å². The van der Waals surface area contributed by atoms with Crippen LogP contribution in [0.1, 0.15) is 0 Å². The third-order valence-electron chi connectivity index (χ3n) is 1.07. The van der Waals surface area contributed by atoms with Crippen molar-refractivity contribution in [2.24, 2.45) is 0 Å². The first-order valence-electron chi connectivity index (χ1n) is 2.83. The number of nitrogens with zero attached hydrogens (tertiary/aromatic N) is 2. The Labute approximate surface area is 84.3 Å². The predicted molar refractivity (Wildman–Crippen MR) is 53.7 cm³/mol. The lowest BCUT2D eigenvalue weighted by Crippen LogP contribution is -2.02. The number of hydrogen-bond donors (Lipinski definition) is 2. The lowest BCUT2D eigenvalue weighted by atomic mass is 10.6. The van der Waals surface area contributed by atoms with Gasteiger partial charge >= 0.3 is 0 Å². The maximum atomic E-state index is 8.52. The Morgan fingerprint density at radius 2 is 2.36 bits per heavy atom. The molecule has 11 heavy (non-hydrogen) atoms. The first kappa shape index (κ1) is 11.0. The molecule has 0 saturated heterocycles. The van der Waals surface area contributed by atoms with E-state index in [4.69, 9.17) is 10.8 Å². The fraction of sp³-hybridized carbons (Fsp3) is 0.400. The molecule has 0 aliphatic rings. The van der Waals surface area contributed by atoms with Crippen molar-refractivity contribution < 1.29 is 5.11 Å². The van der Waals surface area contributed by atoms with Gasteiger partial charge in [-0.3, -0.25) is 4.68 Å². The highest BCUT2D eigenvalue weighted by Crippen LogP contribution is 2.10. The third-order valence-corrected chi connectivity index (χ3v) is 1.90. The molecule has 0 aromatic carbocycles. The zero-order valence-corrected chi connectivity index (χ0v) is 8.67. The van der Waals surface area contributed by atoms with Gasteiger partial charge in [-0.15, -0.1) is 12.4 Å². The minimum Gasteiger partial charge on any atom is -0.394 e. The van der Waals surface area contributed by atoms with E-state index in [0.717, 1.165) is 3.57 Å². The Morgan fingerprint density at radius 3 is 2.73 bits per heavy atom. The van der Waals surface area contributed by atoms with Crippen molar-refractivity contribution in [3.63, 3.8) is 0 Å². The van der Waals surface area contributed by atoms with E-state index >= 15 is 0 Å². The molecule has 0 spiro atoms. The summed E-state index contributed by atoms with van der Waals surface area (Å²) < 4.78 is 2.54. The molecule has 0 bridgehead atoms. The van der Waals surface area contributed by atoms with Crippen LogP contribution in [0.3, 0.4) is 0 Å². The molecule has 1 rings (SSSR count). The number of aromatic nitrogens is 2. The van der Waals surface area contributed by atoms with Gasteiger partial charge in [0.1, 0.15) is 0 Å². The average Bonchev–Trinajstić information content (AvgIpc) is 2.14. The van der Waals surface area contributed by atoms with Crippen molar-refractivity contribution in [1.82, 2.24) is 9.78 Å². The number of aliphatic hydroxyl groups is 1. The van der Waals surface area contributed by atoms with E-state index in [-0.39, 0.29) is 19.0 Å². The van der Waals surface area contributed by atoms with Crippen LogP contribution in [-0.4, -0.2) is 21.5 Å². The van der Waals surface area contributed by atoms with Crippen LogP contribution >= 0.6 is 35.0 Å². The molecule has 0 saturated carbocycles. The average molecular weight is 290 g/mol. The van der Waals surface area contributed by atoms with Crippen LogP contribution in [0.15, 0.2) is 6.20 Å². The molecule has 1 aromatic rings. The Morgan fingerprint density at radius 1 is 1.73 bits per heavy atom. The molecular formula is C5H9ClIN3O. The summed E-state index contributed by atoms with van der Waals surface area (Å²) in [6.45, 7) is 0.602. The normalized spacial score (nSPS) is 9.27. The third kappa shape index (κ3) is 2.84. The molecule has 0 unspecified atom stereocenters. The molecule has 1 heterocycles. The van der Waals surface area contributed by atoms with Crippen molar-refractivity contribution in [1.29, 1.82) is 0 Å². The molecule has 0 radical (unpaired) electrons. The maximum Gasteiger partial charge on any atom is 0.158 e. The van der Waals surface area contributed by atoms with Gasteiger partial charge in [-0.2, -0.15) is 5.10 Å². The summed E-state index contributed by atoms with van der Waals surface area (Å²) in [6, 6.07) is 0. The summed E-state index contributed by atoms with van der Waals surface area (Å²) in [5.41, 5.74) is 5.45. The fourth-order valence-electron chi connectivity index (χ4n) is 0.629. The number of hydrogen-bond acceptors (Lipinski definition) is 3. The lowest BCUT2D eigenvalue weighted by Gasteiger charge is -1.93. The highest BCUT2D eigenvalue weighted by molar-refractivity contribution is 14.1. The summed E-state index contributed by atoms with van der Waals surface area (Å²) in [7, 11) is 0. The maximum absolute atomic E-state index is 8.52. The zero-order chi connectivity index (χ0) is 7.56.